The molecular weight excluding hydrogens is 286 g/mol. The van der Waals surface area contributed by atoms with Crippen LogP contribution in [0.2, 0.25) is 0 Å². The van der Waals surface area contributed by atoms with Gasteiger partial charge in [-0.25, -0.2) is 0 Å². The summed E-state index contributed by atoms with van der Waals surface area (Å²) < 4.78 is 5.37. The van der Waals surface area contributed by atoms with Crippen molar-refractivity contribution in [2.24, 2.45) is 0 Å². The average molecular weight is 306 g/mol. The van der Waals surface area contributed by atoms with Crippen LogP contribution in [0.5, 0.6) is 5.75 Å². The number of alkyl halides is 1. The molecule has 112 valence electrons. The molecule has 0 spiro atoms. The first kappa shape index (κ1) is 15.6. The minimum absolute atomic E-state index is 0.0583. The molecule has 0 radical (unpaired) electrons. The molecular formula is C17H20ClNO2. The third-order valence-corrected chi connectivity index (χ3v) is 4.12. The van der Waals surface area contributed by atoms with E-state index in [0.717, 1.165) is 22.1 Å². The van der Waals surface area contributed by atoms with Crippen LogP contribution in [0.3, 0.4) is 0 Å². The Balaban J connectivity index is 2.49. The largest absolute Gasteiger partial charge is 0.496 e. The zero-order valence-corrected chi connectivity index (χ0v) is 13.4. The van der Waals surface area contributed by atoms with Crippen molar-refractivity contribution in [1.82, 2.24) is 4.90 Å². The molecule has 2 aromatic rings. The fraction of sp³-hybridized carbons (Fsp3) is 0.353. The van der Waals surface area contributed by atoms with Gasteiger partial charge >= 0.3 is 0 Å². The van der Waals surface area contributed by atoms with E-state index >= 15 is 0 Å². The fourth-order valence-electron chi connectivity index (χ4n) is 2.52. The van der Waals surface area contributed by atoms with Gasteiger partial charge in [0.1, 0.15) is 11.1 Å². The number of nitrogens with zero attached hydrogens (tertiary/aromatic N) is 1. The molecule has 0 aromatic heterocycles. The molecule has 2 aromatic carbocycles. The smallest absolute Gasteiger partial charge is 0.245 e. The number of rotatable bonds is 5. The highest BCUT2D eigenvalue weighted by Crippen LogP contribution is 2.34. The van der Waals surface area contributed by atoms with Gasteiger partial charge < -0.3 is 9.64 Å². The van der Waals surface area contributed by atoms with Crippen LogP contribution in [-0.4, -0.2) is 31.0 Å². The Morgan fingerprint density at radius 3 is 2.33 bits per heavy atom. The Morgan fingerprint density at radius 2 is 1.76 bits per heavy atom. The van der Waals surface area contributed by atoms with E-state index in [1.165, 1.54) is 0 Å². The molecule has 0 aliphatic carbocycles. The van der Waals surface area contributed by atoms with Gasteiger partial charge in [0.2, 0.25) is 5.91 Å². The summed E-state index contributed by atoms with van der Waals surface area (Å²) in [6.45, 7) is 5.23. The summed E-state index contributed by atoms with van der Waals surface area (Å²) in [6.07, 6.45) is 0. The second kappa shape index (κ2) is 6.81. The molecule has 0 saturated heterocycles. The lowest BCUT2D eigenvalue weighted by atomic mass is 10.0. The van der Waals surface area contributed by atoms with Crippen molar-refractivity contribution in [1.29, 1.82) is 0 Å². The number of methoxy groups -OCH3 is 1. The Kier molecular flexibility index (Phi) is 5.07. The van der Waals surface area contributed by atoms with Crippen molar-refractivity contribution in [3.05, 3.63) is 42.0 Å². The summed E-state index contributed by atoms with van der Waals surface area (Å²) in [5.41, 5.74) is 0.824. The number of amides is 1. The number of ether oxygens (including phenoxy) is 1. The van der Waals surface area contributed by atoms with Crippen molar-refractivity contribution >= 4 is 28.3 Å². The molecule has 1 atom stereocenters. The van der Waals surface area contributed by atoms with E-state index in [2.05, 4.69) is 0 Å². The van der Waals surface area contributed by atoms with E-state index in [1.54, 1.807) is 12.0 Å². The Bertz CT molecular complexity index is 638. The third kappa shape index (κ3) is 2.98. The number of hydrogen-bond acceptors (Lipinski definition) is 2. The van der Waals surface area contributed by atoms with Gasteiger partial charge in [-0.05, 0) is 30.9 Å². The zero-order valence-electron chi connectivity index (χ0n) is 12.6. The summed E-state index contributed by atoms with van der Waals surface area (Å²) >= 11 is 6.45. The van der Waals surface area contributed by atoms with Crippen molar-refractivity contribution in [2.45, 2.75) is 19.2 Å². The average Bonchev–Trinajstić information content (AvgIpc) is 2.54. The maximum atomic E-state index is 12.5. The quantitative estimate of drug-likeness (QED) is 0.782. The highest BCUT2D eigenvalue weighted by molar-refractivity contribution is 6.31. The molecule has 0 saturated carbocycles. The molecule has 3 nitrogen and oxygen atoms in total. The summed E-state index contributed by atoms with van der Waals surface area (Å²) in [5, 5.41) is 1.24. The van der Waals surface area contributed by atoms with E-state index in [-0.39, 0.29) is 5.91 Å². The van der Waals surface area contributed by atoms with Crippen molar-refractivity contribution in [3.8, 4) is 5.75 Å². The minimum atomic E-state index is -0.680. The molecule has 21 heavy (non-hydrogen) atoms. The molecule has 0 bridgehead atoms. The van der Waals surface area contributed by atoms with Gasteiger partial charge in [0, 0.05) is 18.5 Å². The lowest BCUT2D eigenvalue weighted by molar-refractivity contribution is -0.130. The first-order valence-electron chi connectivity index (χ1n) is 7.12. The van der Waals surface area contributed by atoms with Crippen LogP contribution in [-0.2, 0) is 4.79 Å². The van der Waals surface area contributed by atoms with Gasteiger partial charge in [-0.15, -0.1) is 11.6 Å². The first-order valence-corrected chi connectivity index (χ1v) is 7.56. The number of halogens is 1. The van der Waals surface area contributed by atoms with Gasteiger partial charge in [-0.3, -0.25) is 4.79 Å². The van der Waals surface area contributed by atoms with Gasteiger partial charge in [0.15, 0.2) is 0 Å². The number of carbonyl (C=O) groups excluding carboxylic acids is 1. The minimum Gasteiger partial charge on any atom is -0.496 e. The Hall–Kier alpha value is -1.74. The standard InChI is InChI=1S/C17H20ClNO2/c1-4-19(5-2)17(20)16(18)14-10-11-15(21-3)13-9-7-6-8-12(13)14/h6-11,16H,4-5H2,1-3H3. The molecule has 0 N–H and O–H groups in total. The second-order valence-electron chi connectivity index (χ2n) is 4.78. The van der Waals surface area contributed by atoms with Crippen LogP contribution in [0.15, 0.2) is 36.4 Å². The van der Waals surface area contributed by atoms with Gasteiger partial charge in [-0.2, -0.15) is 0 Å². The highest BCUT2D eigenvalue weighted by Gasteiger charge is 2.24. The zero-order chi connectivity index (χ0) is 15.4. The highest BCUT2D eigenvalue weighted by atomic mass is 35.5. The summed E-state index contributed by atoms with van der Waals surface area (Å²) in [4.78, 5) is 14.2. The van der Waals surface area contributed by atoms with Crippen molar-refractivity contribution in [2.75, 3.05) is 20.2 Å². The summed E-state index contributed by atoms with van der Waals surface area (Å²) in [5.74, 6) is 0.727. The van der Waals surface area contributed by atoms with Crippen LogP contribution < -0.4 is 4.74 Å². The Morgan fingerprint density at radius 1 is 1.14 bits per heavy atom. The van der Waals surface area contributed by atoms with Crippen molar-refractivity contribution < 1.29 is 9.53 Å². The molecule has 0 heterocycles. The number of hydrogen-bond donors (Lipinski definition) is 0. The molecule has 2 rings (SSSR count). The molecule has 4 heteroatoms. The molecule has 0 aliphatic rings. The van der Waals surface area contributed by atoms with Crippen LogP contribution >= 0.6 is 11.6 Å². The number of benzene rings is 2. The predicted octanol–water partition coefficient (Wildman–Crippen LogP) is 4.00. The second-order valence-corrected chi connectivity index (χ2v) is 5.21. The predicted molar refractivity (Wildman–Crippen MR) is 87.0 cm³/mol. The van der Waals surface area contributed by atoms with Crippen LogP contribution in [0.1, 0.15) is 24.8 Å². The normalized spacial score (nSPS) is 12.2. The van der Waals surface area contributed by atoms with Crippen LogP contribution in [0.4, 0.5) is 0 Å². The van der Waals surface area contributed by atoms with Crippen LogP contribution in [0, 0.1) is 0 Å². The number of likely N-dealkylation sites (N-methyl/N-ethyl adjacent to an activating group) is 1. The monoisotopic (exact) mass is 305 g/mol. The lowest BCUT2D eigenvalue weighted by Gasteiger charge is -2.23. The fourth-order valence-corrected chi connectivity index (χ4v) is 2.85. The maximum absolute atomic E-state index is 12.5. The van der Waals surface area contributed by atoms with Crippen LogP contribution in [0.25, 0.3) is 10.8 Å². The third-order valence-electron chi connectivity index (χ3n) is 3.70. The first-order chi connectivity index (χ1) is 10.1. The molecule has 1 unspecified atom stereocenters. The summed E-state index contributed by atoms with van der Waals surface area (Å²) in [7, 11) is 1.64. The topological polar surface area (TPSA) is 29.5 Å². The summed E-state index contributed by atoms with van der Waals surface area (Å²) in [6, 6.07) is 11.6. The number of carbonyl (C=O) groups is 1. The van der Waals surface area contributed by atoms with E-state index in [9.17, 15) is 4.79 Å². The van der Waals surface area contributed by atoms with E-state index < -0.39 is 5.38 Å². The molecule has 0 fully saturated rings. The van der Waals surface area contributed by atoms with E-state index in [0.29, 0.717) is 13.1 Å². The van der Waals surface area contributed by atoms with Gasteiger partial charge in [-0.1, -0.05) is 30.3 Å². The van der Waals surface area contributed by atoms with Gasteiger partial charge in [0.05, 0.1) is 7.11 Å². The van der Waals surface area contributed by atoms with Crippen molar-refractivity contribution in [3.63, 3.8) is 0 Å². The SMILES string of the molecule is CCN(CC)C(=O)C(Cl)c1ccc(OC)c2ccccc12. The Labute approximate surface area is 130 Å². The van der Waals surface area contributed by atoms with E-state index in [1.807, 2.05) is 50.2 Å². The van der Waals surface area contributed by atoms with E-state index in [4.69, 9.17) is 16.3 Å². The molecule has 1 amide bonds. The number of fused-ring (bicyclic) bond motifs is 1. The maximum Gasteiger partial charge on any atom is 0.245 e. The molecule has 0 aliphatic heterocycles. The van der Waals surface area contributed by atoms with Gasteiger partial charge in [0.25, 0.3) is 0 Å². The lowest BCUT2D eigenvalue weighted by Crippen LogP contribution is -2.33.